The highest BCUT2D eigenvalue weighted by molar-refractivity contribution is 6.20. The summed E-state index contributed by atoms with van der Waals surface area (Å²) in [4.78, 5) is 49.0. The Balaban J connectivity index is 1.30. The summed E-state index contributed by atoms with van der Waals surface area (Å²) in [6, 6.07) is 11.3. The monoisotopic (exact) mass is 410 g/mol. The molecule has 0 saturated carbocycles. The molecule has 0 atom stereocenters. The number of nitrogens with zero attached hydrogens (tertiary/aromatic N) is 1. The fraction of sp³-hybridized carbons (Fsp3) is 0.238. The molecule has 0 aromatic heterocycles. The Labute approximate surface area is 171 Å². The van der Waals surface area contributed by atoms with Crippen LogP contribution in [0.2, 0.25) is 0 Å². The van der Waals surface area contributed by atoms with Crippen molar-refractivity contribution < 1.29 is 33.4 Å². The molecule has 30 heavy (non-hydrogen) atoms. The van der Waals surface area contributed by atoms with Crippen molar-refractivity contribution in [3.8, 4) is 11.5 Å². The summed E-state index contributed by atoms with van der Waals surface area (Å²) >= 11 is 0. The highest BCUT2D eigenvalue weighted by Crippen LogP contribution is 2.32. The summed E-state index contributed by atoms with van der Waals surface area (Å²) in [5.74, 6) is -0.556. The van der Waals surface area contributed by atoms with E-state index in [-0.39, 0.29) is 43.6 Å². The molecule has 2 aromatic rings. The van der Waals surface area contributed by atoms with Gasteiger partial charge in [0.2, 0.25) is 18.6 Å². The van der Waals surface area contributed by atoms with Crippen molar-refractivity contribution in [2.75, 3.05) is 18.3 Å². The lowest BCUT2D eigenvalue weighted by atomic mass is 10.2. The molecule has 2 aliphatic rings. The van der Waals surface area contributed by atoms with Gasteiger partial charge in [-0.3, -0.25) is 19.3 Å². The molecule has 0 bridgehead atoms. The number of benzene rings is 2. The van der Waals surface area contributed by atoms with E-state index in [0.717, 1.165) is 10.5 Å². The smallest absolute Gasteiger partial charge is 0.338 e. The Morgan fingerprint density at radius 1 is 1.00 bits per heavy atom. The van der Waals surface area contributed by atoms with Crippen molar-refractivity contribution in [1.82, 2.24) is 5.32 Å². The minimum Gasteiger partial charge on any atom is -0.454 e. The Kier molecular flexibility index (Phi) is 5.34. The summed E-state index contributed by atoms with van der Waals surface area (Å²) in [6.07, 6.45) is 0.300. The van der Waals surface area contributed by atoms with Crippen molar-refractivity contribution in [2.45, 2.75) is 19.4 Å². The van der Waals surface area contributed by atoms with Gasteiger partial charge >= 0.3 is 5.97 Å². The molecule has 4 rings (SSSR count). The molecular formula is C21H18N2O7. The first-order chi connectivity index (χ1) is 14.5. The summed E-state index contributed by atoms with van der Waals surface area (Å²) in [7, 11) is 0. The largest absolute Gasteiger partial charge is 0.454 e. The van der Waals surface area contributed by atoms with E-state index in [1.54, 1.807) is 30.3 Å². The van der Waals surface area contributed by atoms with E-state index in [2.05, 4.69) is 5.32 Å². The van der Waals surface area contributed by atoms with Crippen molar-refractivity contribution in [3.63, 3.8) is 0 Å². The van der Waals surface area contributed by atoms with Crippen molar-refractivity contribution in [1.29, 1.82) is 0 Å². The zero-order valence-corrected chi connectivity index (χ0v) is 15.9. The lowest BCUT2D eigenvalue weighted by Gasteiger charge is -2.14. The number of imide groups is 1. The quantitative estimate of drug-likeness (QED) is 0.568. The summed E-state index contributed by atoms with van der Waals surface area (Å²) in [6.45, 7) is -0.0563. The maximum Gasteiger partial charge on any atom is 0.338 e. The molecule has 9 heteroatoms. The molecule has 1 N–H and O–H groups in total. The first-order valence-corrected chi connectivity index (χ1v) is 9.29. The second-order valence-corrected chi connectivity index (χ2v) is 6.71. The Hall–Kier alpha value is -3.88. The third-order valence-corrected chi connectivity index (χ3v) is 4.65. The number of fused-ring (bicyclic) bond motifs is 1. The predicted octanol–water partition coefficient (Wildman–Crippen LogP) is 1.54. The van der Waals surface area contributed by atoms with E-state index in [1.807, 2.05) is 0 Å². The number of amides is 3. The molecule has 2 heterocycles. The van der Waals surface area contributed by atoms with Gasteiger partial charge in [0.05, 0.1) is 11.3 Å². The number of esters is 1. The molecule has 9 nitrogen and oxygen atoms in total. The molecule has 0 aliphatic carbocycles. The maximum atomic E-state index is 12.3. The van der Waals surface area contributed by atoms with Gasteiger partial charge in [0.1, 0.15) is 0 Å². The number of nitrogens with one attached hydrogen (secondary N) is 1. The summed E-state index contributed by atoms with van der Waals surface area (Å²) in [5.41, 5.74) is 1.26. The Morgan fingerprint density at radius 3 is 2.57 bits per heavy atom. The van der Waals surface area contributed by atoms with Gasteiger partial charge in [-0.15, -0.1) is 0 Å². The molecule has 154 valence electrons. The first-order valence-electron chi connectivity index (χ1n) is 9.29. The molecule has 2 aromatic carbocycles. The SMILES string of the molecule is O=C(COC(=O)c1cccc(N2C(=O)CCC2=O)c1)NCc1ccc2c(c1)OCO2. The van der Waals surface area contributed by atoms with Crippen molar-refractivity contribution in [3.05, 3.63) is 53.6 Å². The van der Waals surface area contributed by atoms with E-state index in [9.17, 15) is 19.2 Å². The average Bonchev–Trinajstić information content (AvgIpc) is 3.36. The number of hydrogen-bond donors (Lipinski definition) is 1. The van der Waals surface area contributed by atoms with E-state index in [0.29, 0.717) is 17.2 Å². The molecule has 1 fully saturated rings. The molecule has 2 aliphatic heterocycles. The van der Waals surface area contributed by atoms with E-state index in [4.69, 9.17) is 14.2 Å². The molecular weight excluding hydrogens is 392 g/mol. The number of carbonyl (C=O) groups is 4. The molecule has 1 saturated heterocycles. The number of hydrogen-bond acceptors (Lipinski definition) is 7. The van der Waals surface area contributed by atoms with Gasteiger partial charge in [-0.05, 0) is 35.9 Å². The van der Waals surface area contributed by atoms with Crippen LogP contribution in [0.4, 0.5) is 5.69 Å². The van der Waals surface area contributed by atoms with Gasteiger partial charge in [-0.2, -0.15) is 0 Å². The van der Waals surface area contributed by atoms with Crippen LogP contribution in [0.25, 0.3) is 0 Å². The fourth-order valence-corrected chi connectivity index (χ4v) is 3.15. The normalized spacial score (nSPS) is 14.7. The topological polar surface area (TPSA) is 111 Å². The lowest BCUT2D eigenvalue weighted by Crippen LogP contribution is -2.29. The minimum absolute atomic E-state index is 0.142. The van der Waals surface area contributed by atoms with Gasteiger partial charge in [-0.25, -0.2) is 4.79 Å². The molecule has 3 amide bonds. The highest BCUT2D eigenvalue weighted by atomic mass is 16.7. The zero-order chi connectivity index (χ0) is 21.1. The number of ether oxygens (including phenoxy) is 3. The Morgan fingerprint density at radius 2 is 1.77 bits per heavy atom. The van der Waals surface area contributed by atoms with Crippen LogP contribution in [-0.4, -0.2) is 37.1 Å². The van der Waals surface area contributed by atoms with Gasteiger partial charge in [0, 0.05) is 19.4 Å². The van der Waals surface area contributed by atoms with Crippen molar-refractivity contribution in [2.24, 2.45) is 0 Å². The van der Waals surface area contributed by atoms with Gasteiger partial charge < -0.3 is 19.5 Å². The average molecular weight is 410 g/mol. The predicted molar refractivity (Wildman–Crippen MR) is 103 cm³/mol. The number of rotatable bonds is 6. The van der Waals surface area contributed by atoms with Crippen LogP contribution in [0, 0.1) is 0 Å². The highest BCUT2D eigenvalue weighted by Gasteiger charge is 2.30. The Bertz CT molecular complexity index is 1020. The summed E-state index contributed by atoms with van der Waals surface area (Å²) < 4.78 is 15.6. The van der Waals surface area contributed by atoms with Crippen LogP contribution in [0.5, 0.6) is 11.5 Å². The second kappa shape index (κ2) is 8.24. The van der Waals surface area contributed by atoms with Crippen molar-refractivity contribution >= 4 is 29.4 Å². The van der Waals surface area contributed by atoms with Crippen LogP contribution in [0.1, 0.15) is 28.8 Å². The number of carbonyl (C=O) groups excluding carboxylic acids is 4. The van der Waals surface area contributed by atoms with Crippen LogP contribution < -0.4 is 19.7 Å². The molecule has 0 spiro atoms. The third-order valence-electron chi connectivity index (χ3n) is 4.65. The standard InChI is InChI=1S/C21H18N2O7/c24-18(22-10-13-4-5-16-17(8-13)30-12-29-16)11-28-21(27)14-2-1-3-15(9-14)23-19(25)6-7-20(23)26/h1-5,8-9H,6-7,10-12H2,(H,22,24). The summed E-state index contributed by atoms with van der Waals surface area (Å²) in [5, 5.41) is 2.65. The van der Waals surface area contributed by atoms with Gasteiger partial charge in [-0.1, -0.05) is 12.1 Å². The van der Waals surface area contributed by atoms with E-state index < -0.39 is 18.5 Å². The van der Waals surface area contributed by atoms with Crippen LogP contribution in [0.3, 0.4) is 0 Å². The third kappa shape index (κ3) is 4.09. The van der Waals surface area contributed by atoms with Crippen LogP contribution in [-0.2, 0) is 25.7 Å². The molecule has 0 radical (unpaired) electrons. The van der Waals surface area contributed by atoms with Crippen LogP contribution >= 0.6 is 0 Å². The second-order valence-electron chi connectivity index (χ2n) is 6.71. The zero-order valence-electron chi connectivity index (χ0n) is 15.9. The molecule has 0 unspecified atom stereocenters. The van der Waals surface area contributed by atoms with E-state index in [1.165, 1.54) is 12.1 Å². The van der Waals surface area contributed by atoms with Crippen LogP contribution in [0.15, 0.2) is 42.5 Å². The minimum atomic E-state index is -0.728. The first kappa shape index (κ1) is 19.4. The lowest BCUT2D eigenvalue weighted by molar-refractivity contribution is -0.124. The van der Waals surface area contributed by atoms with Gasteiger partial charge in [0.15, 0.2) is 18.1 Å². The van der Waals surface area contributed by atoms with E-state index >= 15 is 0 Å². The number of anilines is 1. The fourth-order valence-electron chi connectivity index (χ4n) is 3.15. The maximum absolute atomic E-state index is 12.3. The van der Waals surface area contributed by atoms with Gasteiger partial charge in [0.25, 0.3) is 5.91 Å².